The van der Waals surface area contributed by atoms with Crippen molar-refractivity contribution in [2.75, 3.05) is 40.4 Å². The van der Waals surface area contributed by atoms with Crippen LogP contribution in [0.5, 0.6) is 0 Å². The number of rotatable bonds is 31. The molecule has 16 N–H and O–H groups in total. The first-order valence-electron chi connectivity index (χ1n) is 40.3. The zero-order chi connectivity index (χ0) is 91.9. The summed E-state index contributed by atoms with van der Waals surface area (Å²) in [4.78, 5) is 138. The molecular weight excluding hydrogens is 1700 g/mol. The number of ether oxygens (including phenoxy) is 3. The number of nitro groups is 6. The Morgan fingerprint density at radius 1 is 0.500 bits per heavy atom. The number of hydrogen-bond donors (Lipinski definition) is 12. The number of aliphatic hydroxyl groups excluding tert-OH is 6. The van der Waals surface area contributed by atoms with Crippen molar-refractivity contribution in [3.8, 4) is 12.8 Å². The molecule has 3 radical (unpaired) electrons. The second kappa shape index (κ2) is 84.8. The Kier molecular flexibility index (Phi) is 94.7. The van der Waals surface area contributed by atoms with Crippen molar-refractivity contribution in [3.05, 3.63) is 73.0 Å². The molecule has 10 aliphatic carbocycles. The van der Waals surface area contributed by atoms with Crippen LogP contribution in [-0.4, -0.2) is 228 Å². The van der Waals surface area contributed by atoms with Gasteiger partial charge in [-0.05, 0) is 137 Å². The molecule has 0 aromatic rings. The molecule has 0 saturated heterocycles. The van der Waals surface area contributed by atoms with Gasteiger partial charge in [-0.1, -0.05) is 158 Å². The monoisotopic (exact) mass is 1860 g/mol. The van der Waals surface area contributed by atoms with Crippen molar-refractivity contribution in [1.29, 1.82) is 0 Å². The van der Waals surface area contributed by atoms with Crippen LogP contribution in [0.3, 0.4) is 0 Å². The average Bonchev–Trinajstić information content (AvgIpc) is 0.854. The summed E-state index contributed by atoms with van der Waals surface area (Å²) < 4.78 is 29.3. The standard InChI is InChI=1S/C9H17NO3.C8H16N2O2.C8H13NO5.C8H13NO4.C8H15NO3.C6H11NO3.C6H11NO2.C6H9NO2.C5H10O.C5H8O.C4H6O3.C2H2.CH3NO2.4CH4.B.ClH.F2.FH.H2/c1-13-9(12)8(11)7(10)5-6-3-2-4-6;9-6(7(11)8(10)12)4-5-2-1-3-5;10-7(8(11)12)6(9(13)14)4-5-2-1-3-5;1-6(10)13-8(5-9(11)12)7-3-2-4-7;9-6(7(10)8(11)12)4-5-2-1-3-5;8-6(4-7(9)10)5-2-1-3-5;2*8-7(9)5-4-6-2-1-3-6;2*6-4-5-2-1-3-5;1-3(5)7-4(2)6;1-2;1-2(3)4;;;;;;;1-2;;/h6-8,11H,2-5,10H2,1H3;5-7,11H,1-4,9H2,(H2,10,12);5-7,10H,1-4H2,(H,11,12);7-8H,2-5H2,1H3;5-7,10H,1-4,9H2,(H,11,12);5-6,8H,1-4H2;6H,1-5H2;4-6H,1-3H2;5-6H,1-4H2;4-5H,1-3H2;1-2H3;1-2H;1H3;4*1H4;;1H;;2*1H/b;;;;;;;5-4+;;;;;;;;;;;;;;/i;;;;;;;;;;;;;;;;;;;;;1+1. The summed E-state index contributed by atoms with van der Waals surface area (Å²) in [5, 5.41) is 130. The maximum absolute atomic E-state index is 10.9. The summed E-state index contributed by atoms with van der Waals surface area (Å²) in [5.41, 5.74) is 21.6. The third kappa shape index (κ3) is 73.7. The highest BCUT2D eigenvalue weighted by molar-refractivity contribution is 5.85. The lowest BCUT2D eigenvalue weighted by atomic mass is 9.80. The van der Waals surface area contributed by atoms with Crippen LogP contribution < -0.4 is 22.9 Å². The number of amides is 1. The fourth-order valence-corrected chi connectivity index (χ4v) is 11.9. The fraction of sp³-hybridized carbons (Fsp3) is 0.850. The Hall–Kier alpha value is -8.36. The minimum absolute atomic E-state index is 0. The van der Waals surface area contributed by atoms with Gasteiger partial charge in [-0.25, -0.2) is 14.4 Å². The number of allylic oxidation sites excluding steroid dienone is 1. The maximum atomic E-state index is 10.9. The van der Waals surface area contributed by atoms with Gasteiger partial charge in [0.15, 0.2) is 25.4 Å². The molecule has 10 fully saturated rings. The number of aliphatic hydroxyl groups is 6. The molecule has 0 aliphatic heterocycles. The number of terminal acetylenes is 1. The van der Waals surface area contributed by atoms with Crippen molar-refractivity contribution in [1.82, 2.24) is 0 Å². The van der Waals surface area contributed by atoms with E-state index in [1.807, 2.05) is 0 Å². The van der Waals surface area contributed by atoms with Crippen LogP contribution in [0.4, 0.5) is 13.9 Å². The highest BCUT2D eigenvalue weighted by Gasteiger charge is 2.39. The number of halogens is 4. The molecular formula is C80H154BClF3N10O31. The van der Waals surface area contributed by atoms with Gasteiger partial charge in [-0.3, -0.25) is 84.6 Å². The topological polar surface area (TPSA) is 689 Å². The highest BCUT2D eigenvalue weighted by atomic mass is 35.5. The Balaban J connectivity index is -0.000000114. The Bertz CT molecular complexity index is 2910. The van der Waals surface area contributed by atoms with Gasteiger partial charge < -0.3 is 82.8 Å². The van der Waals surface area contributed by atoms with Crippen molar-refractivity contribution >= 4 is 68.8 Å². The molecule has 126 heavy (non-hydrogen) atoms. The molecule has 0 heterocycles. The number of carbonyl (C=O) groups is 8. The van der Waals surface area contributed by atoms with Crippen LogP contribution in [0.2, 0.25) is 0 Å². The van der Waals surface area contributed by atoms with Crippen molar-refractivity contribution in [2.24, 2.45) is 82.1 Å². The second-order valence-corrected chi connectivity index (χ2v) is 30.8. The predicted octanol–water partition coefficient (Wildman–Crippen LogP) is 9.88. The molecule has 0 bridgehead atoms. The van der Waals surface area contributed by atoms with Gasteiger partial charge in [0.25, 0.3) is 0 Å². The van der Waals surface area contributed by atoms with Crippen LogP contribution >= 0.6 is 12.4 Å². The average molecular weight is 1860 g/mol. The van der Waals surface area contributed by atoms with E-state index in [9.17, 15) is 94.0 Å². The number of nitrogens with zero attached hydrogens (tertiary/aromatic N) is 6. The number of aliphatic carboxylic acids is 2. The minimum Gasteiger partial charge on any atom is -0.479 e. The van der Waals surface area contributed by atoms with Gasteiger partial charge in [-0.15, -0.1) is 25.3 Å². The van der Waals surface area contributed by atoms with Gasteiger partial charge in [0.2, 0.25) is 43.9 Å². The van der Waals surface area contributed by atoms with E-state index in [2.05, 4.69) is 22.3 Å². The lowest BCUT2D eigenvalue weighted by molar-refractivity contribution is -0.534. The first kappa shape index (κ1) is 141. The summed E-state index contributed by atoms with van der Waals surface area (Å²) in [5.74, 6) is -1.04. The zero-order valence-corrected chi connectivity index (χ0v) is 71.4. The van der Waals surface area contributed by atoms with E-state index < -0.39 is 127 Å². The summed E-state index contributed by atoms with van der Waals surface area (Å²) in [6, 6.07) is -2.92. The van der Waals surface area contributed by atoms with E-state index in [1.54, 1.807) is 6.08 Å². The molecule has 1 amide bonds. The van der Waals surface area contributed by atoms with E-state index in [1.165, 1.54) is 124 Å². The normalized spacial score (nSPS) is 18.3. The SMILES string of the molecule is C.C.C.C.C#C.CC(=O)OC(C)=O.CC(=O)OC(C[N+](=O)[O-])C1CCC1.COC(=O)C(O)C(N)CC1CCC1.C[N+](=O)[O-].Cl.F.FF.NC(=O)C(O)C(N)CC1CCC1.NC(CC1CCC1)C(O)C(=O)O.O=C(O)C(O)C(CC1CCC1)[N+](=O)[O-].O=CC1CCC1.O=[N+]([O-])/C=C/C1CCC1.O=[N+]([O-])CC(O)C1CCC1.O=[N+]([O-])CCC1CCC1.OCC1CCC1.[2HH].[B]. The number of methoxy groups -OCH3 is 1. The van der Waals surface area contributed by atoms with Crippen LogP contribution in [0.15, 0.2) is 12.3 Å². The fourth-order valence-electron chi connectivity index (χ4n) is 11.9. The van der Waals surface area contributed by atoms with Gasteiger partial charge in [0.1, 0.15) is 18.5 Å². The number of nitrogens with two attached hydrogens (primary N) is 4. The predicted molar refractivity (Wildman–Crippen MR) is 470 cm³/mol. The number of hydrogen-bond acceptors (Lipinski definition) is 32. The van der Waals surface area contributed by atoms with Gasteiger partial charge in [-0.2, -0.15) is 0 Å². The second-order valence-electron chi connectivity index (χ2n) is 30.8. The number of primary amides is 1. The lowest BCUT2D eigenvalue weighted by Crippen LogP contribution is -2.45. The summed E-state index contributed by atoms with van der Waals surface area (Å²) >= 11 is 0. The van der Waals surface area contributed by atoms with Crippen LogP contribution in [0.1, 0.15) is 277 Å². The van der Waals surface area contributed by atoms with E-state index in [-0.39, 0.29) is 105 Å². The minimum atomic E-state index is -1.88. The molecule has 741 valence electrons. The third-order valence-corrected chi connectivity index (χ3v) is 21.4. The van der Waals surface area contributed by atoms with E-state index in [4.69, 9.17) is 82.7 Å². The number of esters is 4. The highest BCUT2D eigenvalue weighted by Crippen LogP contribution is 2.36. The molecule has 41 nitrogen and oxygen atoms in total. The van der Waals surface area contributed by atoms with Gasteiger partial charge in [0.05, 0.1) is 12.0 Å². The zero-order valence-electron chi connectivity index (χ0n) is 70.6. The Labute approximate surface area is 748 Å². The van der Waals surface area contributed by atoms with E-state index in [0.29, 0.717) is 60.9 Å². The third-order valence-electron chi connectivity index (χ3n) is 21.4. The maximum Gasteiger partial charge on any atom is 0.339 e. The Morgan fingerprint density at radius 3 is 1.03 bits per heavy atom. The van der Waals surface area contributed by atoms with Crippen molar-refractivity contribution in [3.63, 3.8) is 0 Å². The molecule has 10 atom stereocenters. The van der Waals surface area contributed by atoms with Crippen LogP contribution in [0.25, 0.3) is 0 Å². The van der Waals surface area contributed by atoms with Crippen molar-refractivity contribution in [2.45, 2.75) is 336 Å². The Morgan fingerprint density at radius 2 is 0.825 bits per heavy atom. The number of carbonyl (C=O) groups excluding carboxylic acids is 6. The summed E-state index contributed by atoms with van der Waals surface area (Å²) in [7, 11) is 2.14. The first-order valence-corrected chi connectivity index (χ1v) is 40.3. The number of carboxylic acids is 2. The van der Waals surface area contributed by atoms with Gasteiger partial charge >= 0.3 is 35.8 Å². The van der Waals surface area contributed by atoms with E-state index >= 15 is 0 Å². The quantitative estimate of drug-likeness (QED) is 0.00449. The van der Waals surface area contributed by atoms with Crippen LogP contribution in [-0.2, 0) is 52.6 Å². The number of carboxylic acid groups (broad SMARTS) is 2. The molecule has 10 unspecified atom stereocenters. The van der Waals surface area contributed by atoms with Crippen molar-refractivity contribution < 1.29 is 138 Å². The van der Waals surface area contributed by atoms with Crippen LogP contribution in [0, 0.1) is 133 Å². The number of aldehydes is 1. The lowest BCUT2D eigenvalue weighted by Gasteiger charge is -2.30. The molecule has 46 heteroatoms. The summed E-state index contributed by atoms with van der Waals surface area (Å²) in [6.45, 7) is 3.69. The molecule has 10 rings (SSSR count). The molecule has 10 aliphatic rings. The molecule has 0 aromatic heterocycles. The largest absolute Gasteiger partial charge is 0.479 e. The molecule has 10 saturated carbocycles. The molecule has 0 aromatic carbocycles. The van der Waals surface area contributed by atoms with E-state index in [0.717, 1.165) is 129 Å². The first-order chi connectivity index (χ1) is 56.0. The smallest absolute Gasteiger partial charge is 0.339 e. The van der Waals surface area contributed by atoms with Gasteiger partial charge in [0, 0.05) is 114 Å². The molecule has 0 spiro atoms. The summed E-state index contributed by atoms with van der Waals surface area (Å²) in [6.07, 6.45) is 42.0.